The van der Waals surface area contributed by atoms with Crippen LogP contribution in [0.1, 0.15) is 18.6 Å². The lowest BCUT2D eigenvalue weighted by molar-refractivity contribution is 0.196. The Kier molecular flexibility index (Phi) is 3.69. The lowest BCUT2D eigenvalue weighted by Gasteiger charge is -2.10. The number of aliphatic hydroxyl groups is 1. The van der Waals surface area contributed by atoms with E-state index in [1.165, 1.54) is 17.8 Å². The van der Waals surface area contributed by atoms with Crippen molar-refractivity contribution in [3.8, 4) is 0 Å². The zero-order chi connectivity index (χ0) is 13.1. The van der Waals surface area contributed by atoms with Crippen molar-refractivity contribution in [2.75, 3.05) is 5.73 Å². The summed E-state index contributed by atoms with van der Waals surface area (Å²) in [5.41, 5.74) is 6.01. The molecule has 0 aliphatic heterocycles. The number of nitrogen functional groups attached to an aromatic ring is 1. The normalized spacial score (nSPS) is 12.3. The average molecular weight is 263 g/mol. The van der Waals surface area contributed by atoms with Gasteiger partial charge in [-0.1, -0.05) is 30.0 Å². The van der Waals surface area contributed by atoms with Crippen LogP contribution in [0.15, 0.2) is 45.2 Å². The smallest absolute Gasteiger partial charge is 0.253 e. The lowest BCUT2D eigenvalue weighted by atomic mass is 10.1. The van der Waals surface area contributed by atoms with Crippen LogP contribution >= 0.6 is 11.8 Å². The number of nitrogens with two attached hydrogens (primary N) is 1. The van der Waals surface area contributed by atoms with E-state index < -0.39 is 6.10 Å². The molecule has 6 heteroatoms. The molecular formula is C12H13N3O2S. The molecule has 0 fully saturated rings. The number of H-pyrrole nitrogens is 1. The monoisotopic (exact) mass is 263 g/mol. The summed E-state index contributed by atoms with van der Waals surface area (Å²) in [7, 11) is 0. The molecule has 4 N–H and O–H groups in total. The standard InChI is InChI=1S/C12H13N3O2S/c1-7(16)8-4-2-3-5-9(8)18-12-14-10(13)6-11(17)15-12/h2-7,16H,1H3,(H3,13,14,15,17)/t7-/m1/s1. The molecule has 0 unspecified atom stereocenters. The van der Waals surface area contributed by atoms with Crippen molar-refractivity contribution in [3.63, 3.8) is 0 Å². The molecule has 2 aromatic rings. The van der Waals surface area contributed by atoms with Crippen LogP contribution in [-0.4, -0.2) is 15.1 Å². The van der Waals surface area contributed by atoms with Crippen molar-refractivity contribution in [1.29, 1.82) is 0 Å². The van der Waals surface area contributed by atoms with Crippen LogP contribution in [0.25, 0.3) is 0 Å². The molecule has 0 aliphatic rings. The number of benzene rings is 1. The van der Waals surface area contributed by atoms with Gasteiger partial charge in [0.15, 0.2) is 5.16 Å². The van der Waals surface area contributed by atoms with Gasteiger partial charge in [-0.3, -0.25) is 4.79 Å². The van der Waals surface area contributed by atoms with E-state index >= 15 is 0 Å². The van der Waals surface area contributed by atoms with Crippen LogP contribution in [0.3, 0.4) is 0 Å². The summed E-state index contributed by atoms with van der Waals surface area (Å²) in [5, 5.41) is 10.1. The molecule has 0 bridgehead atoms. The zero-order valence-electron chi connectivity index (χ0n) is 9.75. The molecule has 1 aromatic carbocycles. The van der Waals surface area contributed by atoms with E-state index in [0.717, 1.165) is 10.5 Å². The number of anilines is 1. The first-order valence-electron chi connectivity index (χ1n) is 5.38. The Morgan fingerprint density at radius 2 is 2.17 bits per heavy atom. The van der Waals surface area contributed by atoms with Gasteiger partial charge in [0, 0.05) is 11.0 Å². The summed E-state index contributed by atoms with van der Waals surface area (Å²) in [5.74, 6) is 0.177. The number of aromatic nitrogens is 2. The van der Waals surface area contributed by atoms with Crippen molar-refractivity contribution >= 4 is 17.6 Å². The van der Waals surface area contributed by atoms with E-state index in [-0.39, 0.29) is 11.4 Å². The fraction of sp³-hybridized carbons (Fsp3) is 0.167. The maximum atomic E-state index is 11.3. The number of rotatable bonds is 3. The van der Waals surface area contributed by atoms with Crippen molar-refractivity contribution in [2.45, 2.75) is 23.1 Å². The number of hydrogen-bond acceptors (Lipinski definition) is 5. The molecule has 0 saturated carbocycles. The van der Waals surface area contributed by atoms with Crippen LogP contribution < -0.4 is 11.3 Å². The first-order valence-corrected chi connectivity index (χ1v) is 6.19. The third-order valence-corrected chi connectivity index (χ3v) is 3.29. The highest BCUT2D eigenvalue weighted by Gasteiger charge is 2.10. The summed E-state index contributed by atoms with van der Waals surface area (Å²) in [6, 6.07) is 8.62. The highest BCUT2D eigenvalue weighted by molar-refractivity contribution is 7.99. The van der Waals surface area contributed by atoms with Crippen molar-refractivity contribution in [3.05, 3.63) is 46.2 Å². The van der Waals surface area contributed by atoms with Gasteiger partial charge in [0.1, 0.15) is 5.82 Å². The van der Waals surface area contributed by atoms with E-state index in [1.807, 2.05) is 24.3 Å². The quantitative estimate of drug-likeness (QED) is 0.731. The Hall–Kier alpha value is -1.79. The van der Waals surface area contributed by atoms with Gasteiger partial charge in [-0.05, 0) is 18.6 Å². The summed E-state index contributed by atoms with van der Waals surface area (Å²) in [6.07, 6.45) is -0.582. The number of nitrogens with one attached hydrogen (secondary N) is 1. The highest BCUT2D eigenvalue weighted by atomic mass is 32.2. The number of hydrogen-bond donors (Lipinski definition) is 3. The Labute approximate surface area is 108 Å². The molecule has 1 atom stereocenters. The lowest BCUT2D eigenvalue weighted by Crippen LogP contribution is -2.09. The van der Waals surface area contributed by atoms with Crippen LogP contribution in [-0.2, 0) is 0 Å². The maximum absolute atomic E-state index is 11.3. The molecule has 0 aliphatic carbocycles. The zero-order valence-corrected chi connectivity index (χ0v) is 10.6. The molecule has 18 heavy (non-hydrogen) atoms. The summed E-state index contributed by atoms with van der Waals surface area (Å²) < 4.78 is 0. The third kappa shape index (κ3) is 2.91. The molecule has 0 spiro atoms. The van der Waals surface area contributed by atoms with Crippen molar-refractivity contribution < 1.29 is 5.11 Å². The molecule has 94 valence electrons. The molecule has 0 radical (unpaired) electrons. The molecule has 0 saturated heterocycles. The van der Waals surface area contributed by atoms with E-state index in [1.54, 1.807) is 6.92 Å². The van der Waals surface area contributed by atoms with Gasteiger partial charge in [0.05, 0.1) is 6.10 Å². The van der Waals surface area contributed by atoms with Crippen LogP contribution in [0.4, 0.5) is 5.82 Å². The molecule has 5 nitrogen and oxygen atoms in total. The second-order valence-corrected chi connectivity index (χ2v) is 4.82. The third-order valence-electron chi connectivity index (χ3n) is 2.32. The molecule has 0 amide bonds. The first-order chi connectivity index (χ1) is 8.56. The Bertz CT molecular complexity index is 610. The van der Waals surface area contributed by atoms with Crippen LogP contribution in [0, 0.1) is 0 Å². The van der Waals surface area contributed by atoms with Gasteiger partial charge in [-0.15, -0.1) is 0 Å². The van der Waals surface area contributed by atoms with Crippen molar-refractivity contribution in [1.82, 2.24) is 9.97 Å². The number of aromatic amines is 1. The minimum Gasteiger partial charge on any atom is -0.389 e. The van der Waals surface area contributed by atoms with Gasteiger partial charge in [0.25, 0.3) is 5.56 Å². The summed E-state index contributed by atoms with van der Waals surface area (Å²) in [6.45, 7) is 1.69. The largest absolute Gasteiger partial charge is 0.389 e. The summed E-state index contributed by atoms with van der Waals surface area (Å²) >= 11 is 1.26. The van der Waals surface area contributed by atoms with E-state index in [9.17, 15) is 9.90 Å². The fourth-order valence-electron chi connectivity index (χ4n) is 1.52. The van der Waals surface area contributed by atoms with Gasteiger partial charge in [-0.2, -0.15) is 0 Å². The molecule has 1 heterocycles. The second-order valence-electron chi connectivity index (χ2n) is 3.79. The van der Waals surface area contributed by atoms with Gasteiger partial charge >= 0.3 is 0 Å². The predicted octanol–water partition coefficient (Wildman–Crippen LogP) is 1.56. The SMILES string of the molecule is C[C@@H](O)c1ccccc1Sc1nc(N)cc(=O)[nH]1. The predicted molar refractivity (Wildman–Crippen MR) is 70.5 cm³/mol. The van der Waals surface area contributed by atoms with Crippen LogP contribution in [0.5, 0.6) is 0 Å². The summed E-state index contributed by atoms with van der Waals surface area (Å²) in [4.78, 5) is 18.7. The topological polar surface area (TPSA) is 92.0 Å². The average Bonchev–Trinajstić information content (AvgIpc) is 2.27. The van der Waals surface area contributed by atoms with Crippen LogP contribution in [0.2, 0.25) is 0 Å². The number of aliphatic hydroxyl groups excluding tert-OH is 1. The Morgan fingerprint density at radius 3 is 2.83 bits per heavy atom. The fourth-order valence-corrected chi connectivity index (χ4v) is 2.54. The Morgan fingerprint density at radius 1 is 1.44 bits per heavy atom. The van der Waals surface area contributed by atoms with Gasteiger partial charge in [-0.25, -0.2) is 4.98 Å². The second kappa shape index (κ2) is 5.24. The maximum Gasteiger partial charge on any atom is 0.253 e. The highest BCUT2D eigenvalue weighted by Crippen LogP contribution is 2.30. The first kappa shape index (κ1) is 12.7. The number of nitrogens with zero attached hydrogens (tertiary/aromatic N) is 1. The van der Waals surface area contributed by atoms with E-state index in [0.29, 0.717) is 5.16 Å². The minimum atomic E-state index is -0.582. The molecular weight excluding hydrogens is 250 g/mol. The van der Waals surface area contributed by atoms with E-state index in [2.05, 4.69) is 9.97 Å². The Balaban J connectivity index is 2.37. The van der Waals surface area contributed by atoms with Gasteiger partial charge < -0.3 is 15.8 Å². The van der Waals surface area contributed by atoms with E-state index in [4.69, 9.17) is 5.73 Å². The minimum absolute atomic E-state index is 0.177. The molecule has 2 rings (SSSR count). The van der Waals surface area contributed by atoms with Gasteiger partial charge in [0.2, 0.25) is 0 Å². The van der Waals surface area contributed by atoms with Crippen molar-refractivity contribution in [2.24, 2.45) is 0 Å². The molecule has 1 aromatic heterocycles.